The van der Waals surface area contributed by atoms with Gasteiger partial charge in [-0.3, -0.25) is 4.34 Å². The van der Waals surface area contributed by atoms with E-state index < -0.39 is 0 Å². The first-order valence-corrected chi connectivity index (χ1v) is 4.37. The molecule has 62 valence electrons. The quantitative estimate of drug-likeness (QED) is 0.496. The van der Waals surface area contributed by atoms with Crippen LogP contribution >= 0.6 is 21.6 Å². The minimum absolute atomic E-state index is 0.412. The molecule has 1 unspecified atom stereocenters. The summed E-state index contributed by atoms with van der Waals surface area (Å²) < 4.78 is 4.30. The fourth-order valence-corrected chi connectivity index (χ4v) is 1.54. The summed E-state index contributed by atoms with van der Waals surface area (Å²) in [5, 5.41) is 4.26. The van der Waals surface area contributed by atoms with Gasteiger partial charge in [-0.05, 0) is 21.6 Å². The van der Waals surface area contributed by atoms with Crippen molar-refractivity contribution in [3.05, 3.63) is 10.6 Å². The van der Waals surface area contributed by atoms with Crippen LogP contribution in [0.25, 0.3) is 0 Å². The highest BCUT2D eigenvalue weighted by Crippen LogP contribution is 2.14. The highest BCUT2D eigenvalue weighted by atomic mass is 32.1. The molecule has 0 radical (unpaired) electrons. The molecular formula is C6H12N3PS. The minimum Gasteiger partial charge on any atom is -0.288 e. The molecule has 0 spiro atoms. The van der Waals surface area contributed by atoms with E-state index in [1.807, 2.05) is 11.4 Å². The predicted molar refractivity (Wildman–Crippen MR) is 51.2 cm³/mol. The van der Waals surface area contributed by atoms with Crippen LogP contribution < -0.4 is 0 Å². The highest BCUT2D eigenvalue weighted by molar-refractivity contribution is 7.71. The van der Waals surface area contributed by atoms with Crippen molar-refractivity contribution in [3.8, 4) is 0 Å². The van der Waals surface area contributed by atoms with Gasteiger partial charge in [-0.1, -0.05) is 13.8 Å². The Morgan fingerprint density at radius 3 is 2.27 bits per heavy atom. The molecule has 3 nitrogen and oxygen atoms in total. The van der Waals surface area contributed by atoms with Gasteiger partial charge < -0.3 is 0 Å². The molecule has 1 aromatic heterocycles. The minimum atomic E-state index is 0.412. The lowest BCUT2D eigenvalue weighted by Crippen LogP contribution is -1.95. The maximum atomic E-state index is 5.08. The van der Waals surface area contributed by atoms with Gasteiger partial charge >= 0.3 is 0 Å². The Morgan fingerprint density at radius 1 is 1.55 bits per heavy atom. The lowest BCUT2D eigenvalue weighted by atomic mass is 10.2. The first-order chi connectivity index (χ1) is 5.04. The summed E-state index contributed by atoms with van der Waals surface area (Å²) in [5.41, 5.74) is 0. The molecule has 0 aliphatic rings. The van der Waals surface area contributed by atoms with Gasteiger partial charge in [0.15, 0.2) is 0 Å². The average Bonchev–Trinajstić information content (AvgIpc) is 2.17. The first-order valence-electron chi connectivity index (χ1n) is 3.45. The molecule has 0 fully saturated rings. The fourth-order valence-electron chi connectivity index (χ4n) is 0.892. The van der Waals surface area contributed by atoms with Gasteiger partial charge in [0.25, 0.3) is 0 Å². The summed E-state index contributed by atoms with van der Waals surface area (Å²) in [6, 6.07) is 0. The van der Waals surface area contributed by atoms with Crippen LogP contribution in [0.1, 0.15) is 25.6 Å². The third kappa shape index (κ3) is 1.52. The number of aromatic nitrogens is 3. The number of rotatable bonds is 1. The average molecular weight is 189 g/mol. The van der Waals surface area contributed by atoms with Crippen molar-refractivity contribution in [3.63, 3.8) is 0 Å². The van der Waals surface area contributed by atoms with E-state index in [-0.39, 0.29) is 0 Å². The zero-order valence-corrected chi connectivity index (χ0v) is 8.88. The maximum absolute atomic E-state index is 5.08. The summed E-state index contributed by atoms with van der Waals surface area (Å²) in [4.78, 5) is 0. The first kappa shape index (κ1) is 8.88. The van der Waals surface area contributed by atoms with Gasteiger partial charge in [0, 0.05) is 13.0 Å². The van der Waals surface area contributed by atoms with Crippen molar-refractivity contribution in [2.75, 3.05) is 0 Å². The fraction of sp³-hybridized carbons (Fsp3) is 0.667. The second kappa shape index (κ2) is 3.03. The number of aryl methyl sites for hydroxylation is 1. The van der Waals surface area contributed by atoms with Crippen molar-refractivity contribution in [1.29, 1.82) is 0 Å². The summed E-state index contributed by atoms with van der Waals surface area (Å²) in [6.07, 6.45) is 0. The predicted octanol–water partition coefficient (Wildman–Crippen LogP) is 1.71. The highest BCUT2D eigenvalue weighted by Gasteiger charge is 2.07. The summed E-state index contributed by atoms with van der Waals surface area (Å²) in [6.45, 7) is 4.19. The smallest absolute Gasteiger partial charge is 0.200 e. The van der Waals surface area contributed by atoms with Crippen LogP contribution in [0.2, 0.25) is 0 Å². The molecule has 0 saturated heterocycles. The molecule has 0 aliphatic heterocycles. The Labute approximate surface area is 73.7 Å². The van der Waals surface area contributed by atoms with E-state index in [9.17, 15) is 0 Å². The molecule has 0 saturated carbocycles. The molecule has 11 heavy (non-hydrogen) atoms. The van der Waals surface area contributed by atoms with Gasteiger partial charge in [-0.15, -0.1) is 0 Å². The second-order valence-corrected chi connectivity index (χ2v) is 3.67. The molecule has 0 aliphatic carbocycles. The zero-order valence-electron chi connectivity index (χ0n) is 6.90. The van der Waals surface area contributed by atoms with Gasteiger partial charge in [-0.2, -0.15) is 5.10 Å². The van der Waals surface area contributed by atoms with Crippen LogP contribution in [-0.4, -0.2) is 14.1 Å². The van der Waals surface area contributed by atoms with Crippen LogP contribution in [-0.2, 0) is 7.05 Å². The van der Waals surface area contributed by atoms with Crippen LogP contribution in [0.4, 0.5) is 0 Å². The Morgan fingerprint density at radius 2 is 2.09 bits per heavy atom. The topological polar surface area (TPSA) is 22.8 Å². The summed E-state index contributed by atoms with van der Waals surface area (Å²) in [7, 11) is 4.42. The number of hydrogen-bond acceptors (Lipinski definition) is 2. The SMILES string of the molecule is CC(C)c1nn(C)c(=S)n1P. The molecule has 1 rings (SSSR count). The van der Waals surface area contributed by atoms with Gasteiger partial charge in [0.2, 0.25) is 4.77 Å². The largest absolute Gasteiger partial charge is 0.288 e. The third-order valence-corrected chi connectivity index (χ3v) is 2.66. The normalized spacial score (nSPS) is 11.0. The molecular weight excluding hydrogens is 177 g/mol. The molecule has 5 heteroatoms. The maximum Gasteiger partial charge on any atom is 0.200 e. The van der Waals surface area contributed by atoms with E-state index in [1.54, 1.807) is 4.68 Å². The van der Waals surface area contributed by atoms with E-state index in [4.69, 9.17) is 12.2 Å². The van der Waals surface area contributed by atoms with Crippen molar-refractivity contribution in [2.45, 2.75) is 19.8 Å². The van der Waals surface area contributed by atoms with Crippen LogP contribution in [0.15, 0.2) is 0 Å². The van der Waals surface area contributed by atoms with Gasteiger partial charge in [0.1, 0.15) is 5.82 Å². The van der Waals surface area contributed by atoms with Crippen LogP contribution in [0.3, 0.4) is 0 Å². The van der Waals surface area contributed by atoms with Gasteiger partial charge in [-0.25, -0.2) is 4.68 Å². The molecule has 0 bridgehead atoms. The van der Waals surface area contributed by atoms with E-state index in [2.05, 4.69) is 28.3 Å². The Balaban J connectivity index is 3.30. The Hall–Kier alpha value is -0.210. The molecule has 0 N–H and O–H groups in total. The van der Waals surface area contributed by atoms with Crippen molar-refractivity contribution >= 4 is 21.6 Å². The number of hydrogen-bond donors (Lipinski definition) is 0. The molecule has 1 aromatic rings. The monoisotopic (exact) mass is 189 g/mol. The second-order valence-electron chi connectivity index (χ2n) is 2.79. The van der Waals surface area contributed by atoms with Crippen molar-refractivity contribution < 1.29 is 0 Å². The summed E-state index contributed by atoms with van der Waals surface area (Å²) in [5.74, 6) is 1.41. The lowest BCUT2D eigenvalue weighted by Gasteiger charge is -2.00. The number of nitrogens with zero attached hydrogens (tertiary/aromatic N) is 3. The molecule has 0 aromatic carbocycles. The van der Waals surface area contributed by atoms with Crippen LogP contribution in [0.5, 0.6) is 0 Å². The molecule has 1 heterocycles. The summed E-state index contributed by atoms with van der Waals surface area (Å²) >= 11 is 5.08. The molecule has 0 amide bonds. The Bertz CT molecular complexity index is 312. The van der Waals surface area contributed by atoms with Gasteiger partial charge in [0.05, 0.1) is 0 Å². The van der Waals surface area contributed by atoms with E-state index in [0.717, 1.165) is 10.6 Å². The van der Waals surface area contributed by atoms with Crippen molar-refractivity contribution in [2.24, 2.45) is 7.05 Å². The third-order valence-electron chi connectivity index (χ3n) is 1.50. The van der Waals surface area contributed by atoms with Crippen LogP contribution in [0, 0.1) is 4.77 Å². The zero-order chi connectivity index (χ0) is 8.59. The standard InChI is InChI=1S/C6H12N3PS/c1-4(2)5-7-8(3)6(11)9(5)10/h4H,10H2,1-3H3. The van der Waals surface area contributed by atoms with E-state index in [1.165, 1.54) is 0 Å². The van der Waals surface area contributed by atoms with Crippen molar-refractivity contribution in [1.82, 2.24) is 14.1 Å². The van der Waals surface area contributed by atoms with E-state index >= 15 is 0 Å². The van der Waals surface area contributed by atoms with E-state index in [0.29, 0.717) is 5.92 Å². The Kier molecular flexibility index (Phi) is 2.45. The lowest BCUT2D eigenvalue weighted by molar-refractivity contribution is 0.704. The molecule has 1 atom stereocenters.